The van der Waals surface area contributed by atoms with Gasteiger partial charge < -0.3 is 0 Å². The molecule has 0 fully saturated rings. The Balaban J connectivity index is 2.00. The van der Waals surface area contributed by atoms with E-state index in [9.17, 15) is 0 Å². The van der Waals surface area contributed by atoms with Gasteiger partial charge in [-0.2, -0.15) is 0 Å². The zero-order chi connectivity index (χ0) is 12.4. The van der Waals surface area contributed by atoms with Crippen molar-refractivity contribution in [2.45, 2.75) is 6.92 Å². The van der Waals surface area contributed by atoms with Crippen LogP contribution < -0.4 is 0 Å². The summed E-state index contributed by atoms with van der Waals surface area (Å²) in [7, 11) is 0. The molecule has 2 aromatic carbocycles. The lowest BCUT2D eigenvalue weighted by Crippen LogP contribution is -1.95. The summed E-state index contributed by atoms with van der Waals surface area (Å²) in [6.07, 6.45) is 1.75. The van der Waals surface area contributed by atoms with Gasteiger partial charge in [-0.3, -0.25) is 0 Å². The second kappa shape index (κ2) is 4.45. The predicted molar refractivity (Wildman–Crippen MR) is 71.5 cm³/mol. The fourth-order valence-electron chi connectivity index (χ4n) is 1.88. The largest absolute Gasteiger partial charge is 0.220 e. The summed E-state index contributed by atoms with van der Waals surface area (Å²) in [6, 6.07) is 18.2. The number of rotatable bonds is 2. The van der Waals surface area contributed by atoms with E-state index in [2.05, 4.69) is 29.1 Å². The van der Waals surface area contributed by atoms with Crippen molar-refractivity contribution in [2.75, 3.05) is 0 Å². The monoisotopic (exact) mass is 235 g/mol. The van der Waals surface area contributed by atoms with Gasteiger partial charge in [-0.15, -0.1) is 5.10 Å². The van der Waals surface area contributed by atoms with Crippen LogP contribution in [0, 0.1) is 6.92 Å². The number of benzene rings is 2. The molecule has 3 nitrogen and oxygen atoms in total. The number of nitrogens with zero attached hydrogens (tertiary/aromatic N) is 3. The Hall–Kier alpha value is -2.42. The molecule has 0 aliphatic heterocycles. The van der Waals surface area contributed by atoms with Crippen LogP contribution >= 0.6 is 0 Å². The minimum Gasteiger partial charge on any atom is -0.220 e. The molecule has 18 heavy (non-hydrogen) atoms. The maximum atomic E-state index is 4.50. The van der Waals surface area contributed by atoms with E-state index in [1.54, 1.807) is 11.0 Å². The van der Waals surface area contributed by atoms with Crippen molar-refractivity contribution < 1.29 is 0 Å². The van der Waals surface area contributed by atoms with Crippen LogP contribution in [0.2, 0.25) is 0 Å². The first-order chi connectivity index (χ1) is 8.83. The lowest BCUT2D eigenvalue weighted by molar-refractivity contribution is 0.880. The third-order valence-electron chi connectivity index (χ3n) is 2.79. The van der Waals surface area contributed by atoms with Crippen molar-refractivity contribution in [3.63, 3.8) is 0 Å². The predicted octanol–water partition coefficient (Wildman–Crippen LogP) is 3.24. The number of aromatic nitrogens is 3. The van der Waals surface area contributed by atoms with Gasteiger partial charge in [0.2, 0.25) is 0 Å². The number of hydrogen-bond acceptors (Lipinski definition) is 2. The zero-order valence-electron chi connectivity index (χ0n) is 10.1. The molecule has 0 atom stereocenters. The van der Waals surface area contributed by atoms with Crippen LogP contribution in [0.15, 0.2) is 60.9 Å². The van der Waals surface area contributed by atoms with Gasteiger partial charge in [-0.25, -0.2) is 9.67 Å². The quantitative estimate of drug-likeness (QED) is 0.682. The number of aryl methyl sites for hydroxylation is 1. The summed E-state index contributed by atoms with van der Waals surface area (Å²) in [6.45, 7) is 2.07. The molecular formula is C15H13N3. The Kier molecular flexibility index (Phi) is 2.65. The molecule has 88 valence electrons. The highest BCUT2D eigenvalue weighted by atomic mass is 15.3. The Morgan fingerprint density at radius 3 is 2.56 bits per heavy atom. The first kappa shape index (κ1) is 10.7. The fourth-order valence-corrected chi connectivity index (χ4v) is 1.88. The normalized spacial score (nSPS) is 10.5. The van der Waals surface area contributed by atoms with E-state index in [-0.39, 0.29) is 0 Å². The third kappa shape index (κ3) is 2.02. The van der Waals surface area contributed by atoms with Crippen LogP contribution in [-0.2, 0) is 0 Å². The first-order valence-corrected chi connectivity index (χ1v) is 5.87. The SMILES string of the molecule is Cc1cccc(-n2cnc(-c3ccccc3)n2)c1. The molecule has 0 amide bonds. The average molecular weight is 235 g/mol. The van der Waals surface area contributed by atoms with Gasteiger partial charge >= 0.3 is 0 Å². The number of hydrogen-bond donors (Lipinski definition) is 0. The van der Waals surface area contributed by atoms with Crippen LogP contribution in [0.5, 0.6) is 0 Å². The highest BCUT2D eigenvalue weighted by Gasteiger charge is 2.04. The van der Waals surface area contributed by atoms with Crippen molar-refractivity contribution in [3.05, 3.63) is 66.5 Å². The average Bonchev–Trinajstić information content (AvgIpc) is 2.89. The minimum absolute atomic E-state index is 0.747. The molecule has 3 heteroatoms. The van der Waals surface area contributed by atoms with Crippen molar-refractivity contribution in [3.8, 4) is 17.1 Å². The van der Waals surface area contributed by atoms with Gasteiger partial charge in [0.1, 0.15) is 6.33 Å². The second-order valence-corrected chi connectivity index (χ2v) is 4.22. The molecule has 0 aliphatic rings. The smallest absolute Gasteiger partial charge is 0.181 e. The summed E-state index contributed by atoms with van der Waals surface area (Å²) in [5.74, 6) is 0.747. The highest BCUT2D eigenvalue weighted by molar-refractivity contribution is 5.54. The van der Waals surface area contributed by atoms with Crippen LogP contribution in [0.4, 0.5) is 0 Å². The molecule has 0 saturated heterocycles. The molecule has 0 saturated carbocycles. The van der Waals surface area contributed by atoms with Crippen LogP contribution in [-0.4, -0.2) is 14.8 Å². The van der Waals surface area contributed by atoms with E-state index in [4.69, 9.17) is 0 Å². The van der Waals surface area contributed by atoms with E-state index in [0.29, 0.717) is 0 Å². The molecule has 0 bridgehead atoms. The topological polar surface area (TPSA) is 30.7 Å². The molecule has 3 rings (SSSR count). The molecule has 0 unspecified atom stereocenters. The van der Waals surface area contributed by atoms with Crippen molar-refractivity contribution >= 4 is 0 Å². The second-order valence-electron chi connectivity index (χ2n) is 4.22. The maximum absolute atomic E-state index is 4.50. The van der Waals surface area contributed by atoms with Gasteiger partial charge in [0, 0.05) is 5.56 Å². The highest BCUT2D eigenvalue weighted by Crippen LogP contribution is 2.15. The van der Waals surface area contributed by atoms with Crippen LogP contribution in [0.1, 0.15) is 5.56 Å². The molecule has 1 heterocycles. The van der Waals surface area contributed by atoms with E-state index < -0.39 is 0 Å². The summed E-state index contributed by atoms with van der Waals surface area (Å²) < 4.78 is 1.80. The van der Waals surface area contributed by atoms with Crippen LogP contribution in [0.25, 0.3) is 17.1 Å². The van der Waals surface area contributed by atoms with Gasteiger partial charge in [0.25, 0.3) is 0 Å². The molecule has 1 aromatic heterocycles. The van der Waals surface area contributed by atoms with E-state index in [1.807, 2.05) is 42.5 Å². The molecule has 3 aromatic rings. The van der Waals surface area contributed by atoms with Crippen LogP contribution in [0.3, 0.4) is 0 Å². The summed E-state index contributed by atoms with van der Waals surface area (Å²) >= 11 is 0. The Bertz CT molecular complexity index is 656. The minimum atomic E-state index is 0.747. The lowest BCUT2D eigenvalue weighted by atomic mass is 10.2. The van der Waals surface area contributed by atoms with Gasteiger partial charge in [0.05, 0.1) is 5.69 Å². The lowest BCUT2D eigenvalue weighted by Gasteiger charge is -2.00. The molecule has 0 aliphatic carbocycles. The van der Waals surface area contributed by atoms with Crippen molar-refractivity contribution in [1.29, 1.82) is 0 Å². The Morgan fingerprint density at radius 1 is 0.944 bits per heavy atom. The molecule has 0 N–H and O–H groups in total. The van der Waals surface area contributed by atoms with E-state index in [0.717, 1.165) is 17.1 Å². The van der Waals surface area contributed by atoms with Crippen molar-refractivity contribution in [2.24, 2.45) is 0 Å². The first-order valence-electron chi connectivity index (χ1n) is 5.87. The molecule has 0 spiro atoms. The van der Waals surface area contributed by atoms with Gasteiger partial charge in [-0.1, -0.05) is 42.5 Å². The van der Waals surface area contributed by atoms with E-state index in [1.165, 1.54) is 5.56 Å². The summed E-state index contributed by atoms with van der Waals surface area (Å²) in [4.78, 5) is 4.34. The zero-order valence-corrected chi connectivity index (χ0v) is 10.1. The van der Waals surface area contributed by atoms with Gasteiger partial charge in [0.15, 0.2) is 5.82 Å². The molecule has 0 radical (unpaired) electrons. The summed E-state index contributed by atoms with van der Waals surface area (Å²) in [5.41, 5.74) is 3.28. The van der Waals surface area contributed by atoms with E-state index >= 15 is 0 Å². The standard InChI is InChI=1S/C15H13N3/c1-12-6-5-9-14(10-12)18-11-16-15(17-18)13-7-3-2-4-8-13/h2-11H,1H3. The Morgan fingerprint density at radius 2 is 1.78 bits per heavy atom. The summed E-state index contributed by atoms with van der Waals surface area (Å²) in [5, 5.41) is 4.50. The van der Waals surface area contributed by atoms with Crippen molar-refractivity contribution in [1.82, 2.24) is 14.8 Å². The third-order valence-corrected chi connectivity index (χ3v) is 2.79. The van der Waals surface area contributed by atoms with Gasteiger partial charge in [-0.05, 0) is 24.6 Å². The molecular weight excluding hydrogens is 222 g/mol. The fraction of sp³-hybridized carbons (Fsp3) is 0.0667. The maximum Gasteiger partial charge on any atom is 0.181 e. The Labute approximate surface area is 106 Å².